The van der Waals surface area contributed by atoms with Crippen molar-refractivity contribution < 1.29 is 9.84 Å². The number of hydrogen-bond donors (Lipinski definition) is 2. The number of nitrogens with zero attached hydrogens (tertiary/aromatic N) is 1. The van der Waals surface area contributed by atoms with Gasteiger partial charge in [0.2, 0.25) is 0 Å². The Kier molecular flexibility index (Phi) is 6.48. The van der Waals surface area contributed by atoms with Crippen LogP contribution in [-0.4, -0.2) is 41.5 Å². The van der Waals surface area contributed by atoms with Crippen LogP contribution in [0.15, 0.2) is 28.7 Å². The Morgan fingerprint density at radius 1 is 1.38 bits per heavy atom. The zero-order chi connectivity index (χ0) is 15.2. The summed E-state index contributed by atoms with van der Waals surface area (Å²) in [6, 6.07) is 8.69. The fourth-order valence-corrected chi connectivity index (χ4v) is 3.13. The second kappa shape index (κ2) is 8.13. The summed E-state index contributed by atoms with van der Waals surface area (Å²) in [6.45, 7) is 5.27. The van der Waals surface area contributed by atoms with Crippen LogP contribution in [0.25, 0.3) is 0 Å². The average Bonchev–Trinajstić information content (AvgIpc) is 2.45. The normalized spacial score (nSPS) is 24.8. The van der Waals surface area contributed by atoms with E-state index in [4.69, 9.17) is 4.74 Å². The highest BCUT2D eigenvalue weighted by Gasteiger charge is 2.24. The highest BCUT2D eigenvalue weighted by molar-refractivity contribution is 9.10. The van der Waals surface area contributed by atoms with E-state index < -0.39 is 6.10 Å². The van der Waals surface area contributed by atoms with Crippen molar-refractivity contribution in [3.05, 3.63) is 28.7 Å². The van der Waals surface area contributed by atoms with E-state index in [2.05, 4.69) is 40.2 Å². The summed E-state index contributed by atoms with van der Waals surface area (Å²) >= 11 is 3.40. The van der Waals surface area contributed by atoms with Gasteiger partial charge in [-0.05, 0) is 44.9 Å². The summed E-state index contributed by atoms with van der Waals surface area (Å²) in [5.74, 6) is 0.767. The van der Waals surface area contributed by atoms with Gasteiger partial charge in [-0.3, -0.25) is 5.43 Å². The zero-order valence-electron chi connectivity index (χ0n) is 12.8. The first-order chi connectivity index (χ1) is 10.1. The third-order valence-corrected chi connectivity index (χ3v) is 4.43. The second-order valence-corrected chi connectivity index (χ2v) is 6.74. The molecular weight excluding hydrogens is 332 g/mol. The van der Waals surface area contributed by atoms with Crippen molar-refractivity contribution in [2.75, 3.05) is 13.2 Å². The van der Waals surface area contributed by atoms with Gasteiger partial charge in [0.1, 0.15) is 18.5 Å². The molecule has 0 radical (unpaired) electrons. The molecule has 1 fully saturated rings. The Morgan fingerprint density at radius 3 is 2.76 bits per heavy atom. The number of nitrogens with one attached hydrogen (secondary N) is 1. The van der Waals surface area contributed by atoms with Gasteiger partial charge in [-0.15, -0.1) is 0 Å². The van der Waals surface area contributed by atoms with Gasteiger partial charge in [0.15, 0.2) is 0 Å². The zero-order valence-corrected chi connectivity index (χ0v) is 14.3. The molecule has 4 nitrogen and oxygen atoms in total. The first-order valence-electron chi connectivity index (χ1n) is 7.64. The van der Waals surface area contributed by atoms with Gasteiger partial charge < -0.3 is 9.84 Å². The fraction of sp³-hybridized carbons (Fsp3) is 0.625. The summed E-state index contributed by atoms with van der Waals surface area (Å²) in [6.07, 6.45) is 3.18. The van der Waals surface area contributed by atoms with Crippen LogP contribution in [0.4, 0.5) is 0 Å². The number of hydrogen-bond acceptors (Lipinski definition) is 4. The predicted molar refractivity (Wildman–Crippen MR) is 88.3 cm³/mol. The van der Waals surface area contributed by atoms with Crippen LogP contribution < -0.4 is 10.2 Å². The Balaban J connectivity index is 1.73. The summed E-state index contributed by atoms with van der Waals surface area (Å²) in [4.78, 5) is 0. The van der Waals surface area contributed by atoms with Crippen LogP contribution in [-0.2, 0) is 0 Å². The largest absolute Gasteiger partial charge is 0.491 e. The van der Waals surface area contributed by atoms with Crippen molar-refractivity contribution in [2.24, 2.45) is 0 Å². The number of halogens is 1. The SMILES string of the molecule is CC1CCCC(C)N1NCC(O)COc1cccc(Br)c1. The lowest BCUT2D eigenvalue weighted by Crippen LogP contribution is -2.54. The average molecular weight is 357 g/mol. The van der Waals surface area contributed by atoms with Gasteiger partial charge in [-0.1, -0.05) is 28.4 Å². The molecule has 2 N–H and O–H groups in total. The van der Waals surface area contributed by atoms with E-state index in [1.54, 1.807) is 0 Å². The molecule has 0 saturated carbocycles. The van der Waals surface area contributed by atoms with E-state index >= 15 is 0 Å². The van der Waals surface area contributed by atoms with Crippen molar-refractivity contribution in [3.63, 3.8) is 0 Å². The van der Waals surface area contributed by atoms with Crippen molar-refractivity contribution in [1.82, 2.24) is 10.4 Å². The molecule has 1 aliphatic heterocycles. The molecule has 0 aliphatic carbocycles. The van der Waals surface area contributed by atoms with Gasteiger partial charge in [0.05, 0.1) is 0 Å². The Hall–Kier alpha value is -0.620. The molecule has 1 aliphatic rings. The van der Waals surface area contributed by atoms with Crippen LogP contribution >= 0.6 is 15.9 Å². The highest BCUT2D eigenvalue weighted by Crippen LogP contribution is 2.20. The first-order valence-corrected chi connectivity index (χ1v) is 8.44. The lowest BCUT2D eigenvalue weighted by Gasteiger charge is -2.39. The molecule has 2 rings (SSSR count). The molecule has 0 bridgehead atoms. The highest BCUT2D eigenvalue weighted by atomic mass is 79.9. The Labute approximate surface area is 135 Å². The van der Waals surface area contributed by atoms with E-state index in [1.165, 1.54) is 19.3 Å². The minimum atomic E-state index is -0.523. The molecule has 3 atom stereocenters. The molecule has 3 unspecified atom stereocenters. The number of piperidine rings is 1. The van der Waals surface area contributed by atoms with Crippen LogP contribution in [0, 0.1) is 0 Å². The van der Waals surface area contributed by atoms with E-state index in [9.17, 15) is 5.11 Å². The molecule has 5 heteroatoms. The van der Waals surface area contributed by atoms with Crippen molar-refractivity contribution in [3.8, 4) is 5.75 Å². The third-order valence-electron chi connectivity index (χ3n) is 3.94. The fourth-order valence-electron chi connectivity index (χ4n) is 2.75. The summed E-state index contributed by atoms with van der Waals surface area (Å²) in [5.41, 5.74) is 3.36. The van der Waals surface area contributed by atoms with E-state index in [0.29, 0.717) is 25.2 Å². The Bertz CT molecular complexity index is 434. The number of hydrazine groups is 1. The molecule has 0 spiro atoms. The topological polar surface area (TPSA) is 44.7 Å². The van der Waals surface area contributed by atoms with Gasteiger partial charge >= 0.3 is 0 Å². The lowest BCUT2D eigenvalue weighted by molar-refractivity contribution is 0.0170. The Morgan fingerprint density at radius 2 is 2.10 bits per heavy atom. The molecule has 21 heavy (non-hydrogen) atoms. The predicted octanol–water partition coefficient (Wildman–Crippen LogP) is 2.96. The van der Waals surface area contributed by atoms with Gasteiger partial charge in [0, 0.05) is 23.1 Å². The number of rotatable bonds is 6. The van der Waals surface area contributed by atoms with E-state index in [0.717, 1.165) is 10.2 Å². The third kappa shape index (κ3) is 5.25. The van der Waals surface area contributed by atoms with Gasteiger partial charge in [0.25, 0.3) is 0 Å². The van der Waals surface area contributed by atoms with Crippen LogP contribution in [0.1, 0.15) is 33.1 Å². The van der Waals surface area contributed by atoms with Gasteiger partial charge in [-0.2, -0.15) is 0 Å². The van der Waals surface area contributed by atoms with Crippen LogP contribution in [0.3, 0.4) is 0 Å². The lowest BCUT2D eigenvalue weighted by atomic mass is 10.00. The molecule has 1 heterocycles. The minimum absolute atomic E-state index is 0.292. The quantitative estimate of drug-likeness (QED) is 0.822. The maximum Gasteiger partial charge on any atom is 0.120 e. The molecule has 118 valence electrons. The molecule has 1 aromatic rings. The van der Waals surface area contributed by atoms with Crippen LogP contribution in [0.2, 0.25) is 0 Å². The number of ether oxygens (including phenoxy) is 1. The second-order valence-electron chi connectivity index (χ2n) is 5.82. The van der Waals surface area contributed by atoms with Crippen LogP contribution in [0.5, 0.6) is 5.75 Å². The molecular formula is C16H25BrN2O2. The van der Waals surface area contributed by atoms with Crippen molar-refractivity contribution in [2.45, 2.75) is 51.3 Å². The van der Waals surface area contributed by atoms with Crippen molar-refractivity contribution >= 4 is 15.9 Å². The summed E-state index contributed by atoms with van der Waals surface area (Å²) in [5, 5.41) is 12.3. The minimum Gasteiger partial charge on any atom is -0.491 e. The maximum absolute atomic E-state index is 10.1. The first kappa shape index (κ1) is 16.7. The monoisotopic (exact) mass is 356 g/mol. The summed E-state index contributed by atoms with van der Waals surface area (Å²) < 4.78 is 6.58. The molecule has 0 aromatic heterocycles. The molecule has 0 amide bonds. The number of aliphatic hydroxyl groups excluding tert-OH is 1. The summed E-state index contributed by atoms with van der Waals surface area (Å²) in [7, 11) is 0. The smallest absolute Gasteiger partial charge is 0.120 e. The van der Waals surface area contributed by atoms with Crippen molar-refractivity contribution in [1.29, 1.82) is 0 Å². The van der Waals surface area contributed by atoms with E-state index in [-0.39, 0.29) is 0 Å². The standard InChI is InChI=1S/C16H25BrN2O2/c1-12-5-3-6-13(2)19(12)18-10-15(20)11-21-16-8-4-7-14(17)9-16/h4,7-9,12-13,15,18,20H,3,5-6,10-11H2,1-2H3. The molecule has 1 saturated heterocycles. The number of aliphatic hydroxyl groups is 1. The number of benzene rings is 1. The van der Waals surface area contributed by atoms with E-state index in [1.807, 2.05) is 24.3 Å². The van der Waals surface area contributed by atoms with Gasteiger partial charge in [-0.25, -0.2) is 5.01 Å². The molecule has 1 aromatic carbocycles. The maximum atomic E-state index is 10.1.